The van der Waals surface area contributed by atoms with Crippen LogP contribution in [0.3, 0.4) is 0 Å². The number of piperazine rings is 1. The van der Waals surface area contributed by atoms with E-state index in [9.17, 15) is 9.59 Å². The fourth-order valence-electron chi connectivity index (χ4n) is 4.59. The molecular formula is C26H32N4O5. The first-order valence-electron chi connectivity index (χ1n) is 11.8. The molecule has 9 heteroatoms. The number of nitrogens with one attached hydrogen (secondary N) is 2. The molecular weight excluding hydrogens is 448 g/mol. The Hall–Kier alpha value is -3.72. The summed E-state index contributed by atoms with van der Waals surface area (Å²) in [5.74, 6) is 0.975. The molecule has 0 spiro atoms. The van der Waals surface area contributed by atoms with Crippen molar-refractivity contribution in [3.05, 3.63) is 65.4 Å². The number of rotatable bonds is 8. The van der Waals surface area contributed by atoms with Crippen LogP contribution in [-0.4, -0.2) is 70.5 Å². The maximum absolute atomic E-state index is 13.1. The van der Waals surface area contributed by atoms with Crippen LogP contribution in [0.2, 0.25) is 0 Å². The number of benzene rings is 2. The summed E-state index contributed by atoms with van der Waals surface area (Å²) >= 11 is 0. The number of hydrogen-bond acceptors (Lipinski definition) is 7. The fraction of sp³-hybridized carbons (Fsp3) is 0.385. The van der Waals surface area contributed by atoms with Crippen LogP contribution in [0, 0.1) is 0 Å². The fourth-order valence-corrected chi connectivity index (χ4v) is 4.59. The monoisotopic (exact) mass is 480 g/mol. The van der Waals surface area contributed by atoms with Crippen molar-refractivity contribution < 1.29 is 23.8 Å². The molecule has 4 rings (SSSR count). The molecule has 9 nitrogen and oxygen atoms in total. The molecule has 0 unspecified atom stereocenters. The number of urea groups is 1. The van der Waals surface area contributed by atoms with Gasteiger partial charge in [0.2, 0.25) is 0 Å². The van der Waals surface area contributed by atoms with Gasteiger partial charge in [0.25, 0.3) is 0 Å². The van der Waals surface area contributed by atoms with Crippen LogP contribution in [0.4, 0.5) is 10.5 Å². The summed E-state index contributed by atoms with van der Waals surface area (Å²) in [6, 6.07) is 14.3. The summed E-state index contributed by atoms with van der Waals surface area (Å²) in [6.45, 7) is 5.55. The molecule has 1 fully saturated rings. The number of para-hydroxylation sites is 3. The van der Waals surface area contributed by atoms with E-state index < -0.39 is 12.0 Å². The van der Waals surface area contributed by atoms with Gasteiger partial charge in [-0.05, 0) is 25.1 Å². The van der Waals surface area contributed by atoms with Crippen molar-refractivity contribution in [1.82, 2.24) is 15.5 Å². The van der Waals surface area contributed by atoms with Gasteiger partial charge >= 0.3 is 12.0 Å². The van der Waals surface area contributed by atoms with Gasteiger partial charge in [0, 0.05) is 44.0 Å². The minimum atomic E-state index is -0.677. The first-order chi connectivity index (χ1) is 17.0. The number of carbonyl (C=O) groups excluding carboxylic acids is 2. The largest absolute Gasteiger partial charge is 0.496 e. The summed E-state index contributed by atoms with van der Waals surface area (Å²) in [5.41, 5.74) is 2.70. The maximum Gasteiger partial charge on any atom is 0.338 e. The molecule has 2 aromatic rings. The Morgan fingerprint density at radius 1 is 0.971 bits per heavy atom. The average Bonchev–Trinajstić information content (AvgIpc) is 2.89. The van der Waals surface area contributed by atoms with E-state index in [4.69, 9.17) is 14.2 Å². The van der Waals surface area contributed by atoms with Gasteiger partial charge in [-0.1, -0.05) is 30.3 Å². The molecule has 0 radical (unpaired) electrons. The van der Waals surface area contributed by atoms with Gasteiger partial charge in [-0.15, -0.1) is 0 Å². The van der Waals surface area contributed by atoms with Gasteiger partial charge in [0.1, 0.15) is 11.5 Å². The van der Waals surface area contributed by atoms with Crippen molar-refractivity contribution >= 4 is 17.7 Å². The lowest BCUT2D eigenvalue weighted by molar-refractivity contribution is -0.139. The predicted molar refractivity (Wildman–Crippen MR) is 133 cm³/mol. The number of esters is 1. The van der Waals surface area contributed by atoms with E-state index in [1.54, 1.807) is 21.1 Å². The average molecular weight is 481 g/mol. The number of carbonyl (C=O) groups is 2. The second-order valence-electron chi connectivity index (χ2n) is 8.32. The van der Waals surface area contributed by atoms with E-state index >= 15 is 0 Å². The standard InChI is InChI=1S/C26H32N4O5/c1-4-35-25(31)23-19(27-26(32)28-24(23)18-9-5-7-11-21(18)33-2)17-29-13-15-30(16-14-29)20-10-6-8-12-22(20)34-3/h5-12,24H,4,13-17H2,1-3H3,(H2,27,28,32)/t24-/m0/s1. The SMILES string of the molecule is CCOC(=O)C1=C(CN2CCN(c3ccccc3OC)CC2)NC(=O)N[C@H]1c1ccccc1OC. The number of nitrogens with zero attached hydrogens (tertiary/aromatic N) is 2. The number of amides is 2. The van der Waals surface area contributed by atoms with E-state index in [1.807, 2.05) is 42.5 Å². The minimum absolute atomic E-state index is 0.236. The molecule has 0 aliphatic carbocycles. The van der Waals surface area contributed by atoms with Crippen LogP contribution in [0.15, 0.2) is 59.8 Å². The predicted octanol–water partition coefficient (Wildman–Crippen LogP) is 2.70. The zero-order valence-corrected chi connectivity index (χ0v) is 20.4. The molecule has 0 bridgehead atoms. The van der Waals surface area contributed by atoms with Gasteiger partial charge < -0.3 is 29.7 Å². The van der Waals surface area contributed by atoms with E-state index in [-0.39, 0.29) is 12.6 Å². The highest BCUT2D eigenvalue weighted by Gasteiger charge is 2.36. The molecule has 2 aliphatic heterocycles. The van der Waals surface area contributed by atoms with Crippen LogP contribution in [0.5, 0.6) is 11.5 Å². The summed E-state index contributed by atoms with van der Waals surface area (Å²) in [7, 11) is 3.24. The summed E-state index contributed by atoms with van der Waals surface area (Å²) < 4.78 is 16.4. The lowest BCUT2D eigenvalue weighted by Crippen LogP contribution is -2.52. The Bertz CT molecular complexity index is 1090. The molecule has 2 aliphatic rings. The van der Waals surface area contributed by atoms with Crippen LogP contribution in [0.25, 0.3) is 0 Å². The van der Waals surface area contributed by atoms with Crippen LogP contribution in [0.1, 0.15) is 18.5 Å². The highest BCUT2D eigenvalue weighted by molar-refractivity contribution is 5.95. The summed E-state index contributed by atoms with van der Waals surface area (Å²) in [4.78, 5) is 30.3. The Morgan fingerprint density at radius 2 is 1.63 bits per heavy atom. The molecule has 2 amide bonds. The van der Waals surface area contributed by atoms with Gasteiger partial charge in [-0.25, -0.2) is 9.59 Å². The van der Waals surface area contributed by atoms with Crippen LogP contribution in [-0.2, 0) is 9.53 Å². The number of hydrogen-bond donors (Lipinski definition) is 2. The van der Waals surface area contributed by atoms with Crippen molar-refractivity contribution in [3.8, 4) is 11.5 Å². The van der Waals surface area contributed by atoms with Crippen molar-refractivity contribution in [2.24, 2.45) is 0 Å². The quantitative estimate of drug-likeness (QED) is 0.562. The summed E-state index contributed by atoms with van der Waals surface area (Å²) in [6.07, 6.45) is 0. The van der Waals surface area contributed by atoms with Crippen LogP contribution >= 0.6 is 0 Å². The number of methoxy groups -OCH3 is 2. The molecule has 1 atom stereocenters. The minimum Gasteiger partial charge on any atom is -0.496 e. The Morgan fingerprint density at radius 3 is 2.31 bits per heavy atom. The molecule has 0 saturated carbocycles. The van der Waals surface area contributed by atoms with E-state index in [2.05, 4.69) is 26.5 Å². The molecule has 1 saturated heterocycles. The highest BCUT2D eigenvalue weighted by atomic mass is 16.5. The number of anilines is 1. The molecule has 2 heterocycles. The second kappa shape index (κ2) is 11.1. The smallest absolute Gasteiger partial charge is 0.338 e. The third kappa shape index (κ3) is 5.35. The Labute approximate surface area is 205 Å². The third-order valence-corrected chi connectivity index (χ3v) is 6.28. The summed E-state index contributed by atoms with van der Waals surface area (Å²) in [5, 5.41) is 5.74. The zero-order chi connectivity index (χ0) is 24.8. The van der Waals surface area contributed by atoms with Gasteiger partial charge in [0.05, 0.1) is 38.1 Å². The zero-order valence-electron chi connectivity index (χ0n) is 20.4. The van der Waals surface area contributed by atoms with Crippen molar-refractivity contribution in [1.29, 1.82) is 0 Å². The van der Waals surface area contributed by atoms with Gasteiger partial charge in [-0.3, -0.25) is 4.90 Å². The maximum atomic E-state index is 13.1. The molecule has 35 heavy (non-hydrogen) atoms. The third-order valence-electron chi connectivity index (χ3n) is 6.28. The van der Waals surface area contributed by atoms with Crippen LogP contribution < -0.4 is 25.0 Å². The van der Waals surface area contributed by atoms with Crippen molar-refractivity contribution in [2.45, 2.75) is 13.0 Å². The van der Waals surface area contributed by atoms with Crippen molar-refractivity contribution in [2.75, 3.05) is 58.5 Å². The first-order valence-corrected chi connectivity index (χ1v) is 11.8. The van der Waals surface area contributed by atoms with Gasteiger partial charge in [-0.2, -0.15) is 0 Å². The molecule has 2 N–H and O–H groups in total. The highest BCUT2D eigenvalue weighted by Crippen LogP contribution is 2.34. The van der Waals surface area contributed by atoms with Crippen molar-refractivity contribution in [3.63, 3.8) is 0 Å². The Balaban J connectivity index is 1.58. The van der Waals surface area contributed by atoms with E-state index in [1.165, 1.54) is 0 Å². The normalized spacial score (nSPS) is 18.5. The lowest BCUT2D eigenvalue weighted by atomic mass is 9.94. The van der Waals surface area contributed by atoms with E-state index in [0.717, 1.165) is 37.6 Å². The number of ether oxygens (including phenoxy) is 3. The van der Waals surface area contributed by atoms with E-state index in [0.29, 0.717) is 29.1 Å². The van der Waals surface area contributed by atoms with Gasteiger partial charge in [0.15, 0.2) is 0 Å². The molecule has 2 aromatic carbocycles. The lowest BCUT2D eigenvalue weighted by Gasteiger charge is -2.38. The first kappa shape index (κ1) is 24.4. The molecule has 0 aromatic heterocycles. The molecule has 186 valence electrons. The Kier molecular flexibility index (Phi) is 7.77. The second-order valence-corrected chi connectivity index (χ2v) is 8.32. The topological polar surface area (TPSA) is 92.4 Å².